The molecule has 1 aromatic carbocycles. The number of anilines is 2. The average molecular weight is 428 g/mol. The zero-order valence-electron chi connectivity index (χ0n) is 17.4. The summed E-state index contributed by atoms with van der Waals surface area (Å²) in [6.45, 7) is 0. The summed E-state index contributed by atoms with van der Waals surface area (Å²) in [5.41, 5.74) is 1.34. The number of para-hydroxylation sites is 1. The van der Waals surface area contributed by atoms with E-state index < -0.39 is 0 Å². The second kappa shape index (κ2) is 8.47. The van der Waals surface area contributed by atoms with Gasteiger partial charge in [0, 0.05) is 38.6 Å². The maximum Gasteiger partial charge on any atom is 0.256 e. The predicted molar refractivity (Wildman–Crippen MR) is 119 cm³/mol. The van der Waals surface area contributed by atoms with E-state index in [1.54, 1.807) is 7.05 Å². The van der Waals surface area contributed by atoms with Crippen molar-refractivity contribution in [2.24, 2.45) is 7.05 Å². The van der Waals surface area contributed by atoms with Gasteiger partial charge < -0.3 is 15.5 Å². The topological polar surface area (TPSA) is 88.0 Å². The fraction of sp³-hybridized carbons (Fsp3) is 0.429. The standard InChI is InChI=1S/C21H26ClN7O/c1-28(2)19-15-6-4-5-7-17(15)26-21(27-19)25-14-10-8-13(9-11-14)24-20(30)16-12-23-29(3)18(16)22/h4-7,12-14H,8-11H2,1-3H3,(H,24,30)(H,25,26,27). The molecule has 158 valence electrons. The Balaban J connectivity index is 1.38. The van der Waals surface area contributed by atoms with Crippen LogP contribution in [0, 0.1) is 0 Å². The number of aromatic nitrogens is 4. The molecule has 1 amide bonds. The third-order valence-electron chi connectivity index (χ3n) is 5.51. The van der Waals surface area contributed by atoms with E-state index in [1.165, 1.54) is 10.9 Å². The molecule has 2 N–H and O–H groups in total. The molecule has 30 heavy (non-hydrogen) atoms. The molecular formula is C21H26ClN7O. The zero-order valence-corrected chi connectivity index (χ0v) is 18.1. The number of carbonyl (C=O) groups is 1. The Morgan fingerprint density at radius 1 is 1.13 bits per heavy atom. The molecule has 1 fully saturated rings. The molecule has 9 heteroatoms. The number of nitrogens with zero attached hydrogens (tertiary/aromatic N) is 5. The lowest BCUT2D eigenvalue weighted by atomic mass is 9.91. The minimum absolute atomic E-state index is 0.127. The van der Waals surface area contributed by atoms with Gasteiger partial charge in [0.05, 0.1) is 17.3 Å². The quantitative estimate of drug-likeness (QED) is 0.650. The van der Waals surface area contributed by atoms with Crippen LogP contribution in [0.25, 0.3) is 10.9 Å². The number of hydrogen-bond donors (Lipinski definition) is 2. The molecule has 0 saturated heterocycles. The highest BCUT2D eigenvalue weighted by atomic mass is 35.5. The van der Waals surface area contributed by atoms with Crippen LogP contribution in [0.5, 0.6) is 0 Å². The summed E-state index contributed by atoms with van der Waals surface area (Å²) in [6, 6.07) is 8.43. The van der Waals surface area contributed by atoms with E-state index in [-0.39, 0.29) is 18.0 Å². The third-order valence-corrected chi connectivity index (χ3v) is 5.96. The van der Waals surface area contributed by atoms with Crippen LogP contribution in [-0.2, 0) is 7.05 Å². The van der Waals surface area contributed by atoms with Gasteiger partial charge >= 0.3 is 0 Å². The number of amides is 1. The lowest BCUT2D eigenvalue weighted by molar-refractivity contribution is 0.0926. The van der Waals surface area contributed by atoms with Crippen molar-refractivity contribution in [3.63, 3.8) is 0 Å². The van der Waals surface area contributed by atoms with E-state index in [2.05, 4.69) is 20.7 Å². The van der Waals surface area contributed by atoms with E-state index >= 15 is 0 Å². The van der Waals surface area contributed by atoms with Gasteiger partial charge in [0.2, 0.25) is 5.95 Å². The Labute approximate surface area is 180 Å². The first-order valence-electron chi connectivity index (χ1n) is 10.1. The van der Waals surface area contributed by atoms with Gasteiger partial charge in [-0.3, -0.25) is 9.48 Å². The lowest BCUT2D eigenvalue weighted by Gasteiger charge is -2.30. The van der Waals surface area contributed by atoms with Crippen LogP contribution < -0.4 is 15.5 Å². The summed E-state index contributed by atoms with van der Waals surface area (Å²) < 4.78 is 1.49. The summed E-state index contributed by atoms with van der Waals surface area (Å²) in [6.07, 6.45) is 5.13. The summed E-state index contributed by atoms with van der Waals surface area (Å²) in [4.78, 5) is 23.9. The number of fused-ring (bicyclic) bond motifs is 1. The van der Waals surface area contributed by atoms with Crippen molar-refractivity contribution in [3.8, 4) is 0 Å². The second-order valence-corrected chi connectivity index (χ2v) is 8.28. The highest BCUT2D eigenvalue weighted by Gasteiger charge is 2.25. The molecule has 0 aliphatic heterocycles. The Bertz CT molecular complexity index is 1060. The molecule has 0 unspecified atom stereocenters. The van der Waals surface area contributed by atoms with Gasteiger partial charge in [-0.25, -0.2) is 4.98 Å². The minimum Gasteiger partial charge on any atom is -0.362 e. The van der Waals surface area contributed by atoms with Crippen molar-refractivity contribution in [3.05, 3.63) is 41.2 Å². The predicted octanol–water partition coefficient (Wildman–Crippen LogP) is 3.24. The molecule has 8 nitrogen and oxygen atoms in total. The molecule has 1 aliphatic carbocycles. The van der Waals surface area contributed by atoms with E-state index in [0.29, 0.717) is 16.7 Å². The van der Waals surface area contributed by atoms with Crippen molar-refractivity contribution in [2.75, 3.05) is 24.3 Å². The Hall–Kier alpha value is -2.87. The molecule has 3 aromatic rings. The number of aryl methyl sites for hydroxylation is 1. The van der Waals surface area contributed by atoms with Gasteiger partial charge in [0.25, 0.3) is 5.91 Å². The number of rotatable bonds is 5. The summed E-state index contributed by atoms with van der Waals surface area (Å²) in [7, 11) is 5.69. The molecule has 1 saturated carbocycles. The molecule has 0 radical (unpaired) electrons. The van der Waals surface area contributed by atoms with Crippen LogP contribution >= 0.6 is 11.6 Å². The van der Waals surface area contributed by atoms with E-state index in [1.807, 2.05) is 43.3 Å². The number of halogens is 1. The molecule has 4 rings (SSSR count). The van der Waals surface area contributed by atoms with Crippen molar-refractivity contribution >= 4 is 40.2 Å². The molecule has 0 atom stereocenters. The molecule has 1 aliphatic rings. The molecule has 2 aromatic heterocycles. The Morgan fingerprint density at radius 3 is 2.50 bits per heavy atom. The van der Waals surface area contributed by atoms with E-state index in [4.69, 9.17) is 16.6 Å². The summed E-state index contributed by atoms with van der Waals surface area (Å²) in [5.74, 6) is 1.38. The van der Waals surface area contributed by atoms with Crippen molar-refractivity contribution in [1.29, 1.82) is 0 Å². The van der Waals surface area contributed by atoms with Crippen LogP contribution in [0.15, 0.2) is 30.5 Å². The molecular weight excluding hydrogens is 402 g/mol. The molecule has 0 bridgehead atoms. The number of hydrogen-bond acceptors (Lipinski definition) is 6. The first kappa shape index (κ1) is 20.4. The fourth-order valence-corrected chi connectivity index (χ4v) is 4.05. The normalized spacial score (nSPS) is 18.9. The first-order valence-corrected chi connectivity index (χ1v) is 10.5. The van der Waals surface area contributed by atoms with E-state index in [0.717, 1.165) is 42.4 Å². The van der Waals surface area contributed by atoms with Crippen LogP contribution in [-0.4, -0.2) is 51.8 Å². The summed E-state index contributed by atoms with van der Waals surface area (Å²) in [5, 5.41) is 12.0. The smallest absolute Gasteiger partial charge is 0.256 e. The maximum atomic E-state index is 12.5. The monoisotopic (exact) mass is 427 g/mol. The van der Waals surface area contributed by atoms with Gasteiger partial charge in [-0.15, -0.1) is 0 Å². The van der Waals surface area contributed by atoms with Crippen LogP contribution in [0.3, 0.4) is 0 Å². The second-order valence-electron chi connectivity index (χ2n) is 7.92. The fourth-order valence-electron chi connectivity index (χ4n) is 3.87. The number of benzene rings is 1. The van der Waals surface area contributed by atoms with E-state index in [9.17, 15) is 4.79 Å². The van der Waals surface area contributed by atoms with Crippen LogP contribution in [0.4, 0.5) is 11.8 Å². The zero-order chi connectivity index (χ0) is 21.3. The molecule has 0 spiro atoms. The minimum atomic E-state index is -0.169. The van der Waals surface area contributed by atoms with Crippen molar-refractivity contribution in [1.82, 2.24) is 25.1 Å². The maximum absolute atomic E-state index is 12.5. The largest absolute Gasteiger partial charge is 0.362 e. The third kappa shape index (κ3) is 4.18. The van der Waals surface area contributed by atoms with Crippen molar-refractivity contribution < 1.29 is 4.79 Å². The SMILES string of the molecule is CN(C)c1nc(NC2CCC(NC(=O)c3cnn(C)c3Cl)CC2)nc2ccccc12. The lowest BCUT2D eigenvalue weighted by Crippen LogP contribution is -2.40. The van der Waals surface area contributed by atoms with Gasteiger partial charge in [-0.2, -0.15) is 10.1 Å². The highest BCUT2D eigenvalue weighted by Crippen LogP contribution is 2.26. The first-order chi connectivity index (χ1) is 14.4. The highest BCUT2D eigenvalue weighted by molar-refractivity contribution is 6.32. The van der Waals surface area contributed by atoms with Gasteiger partial charge in [0.1, 0.15) is 11.0 Å². The van der Waals surface area contributed by atoms with Crippen LogP contribution in [0.2, 0.25) is 5.15 Å². The number of carbonyl (C=O) groups excluding carboxylic acids is 1. The van der Waals surface area contributed by atoms with Gasteiger partial charge in [-0.1, -0.05) is 23.7 Å². The Morgan fingerprint density at radius 2 is 1.83 bits per heavy atom. The molecule has 2 heterocycles. The van der Waals surface area contributed by atoms with Crippen LogP contribution in [0.1, 0.15) is 36.0 Å². The summed E-state index contributed by atoms with van der Waals surface area (Å²) >= 11 is 6.12. The van der Waals surface area contributed by atoms with Gasteiger partial charge in [-0.05, 0) is 37.8 Å². The van der Waals surface area contributed by atoms with Crippen molar-refractivity contribution in [2.45, 2.75) is 37.8 Å². The van der Waals surface area contributed by atoms with Gasteiger partial charge in [0.15, 0.2) is 0 Å². The average Bonchev–Trinajstić information content (AvgIpc) is 3.07. The Kier molecular flexibility index (Phi) is 5.76. The number of nitrogens with one attached hydrogen (secondary N) is 2.